The fourth-order valence-electron chi connectivity index (χ4n) is 7.76. The predicted molar refractivity (Wildman–Crippen MR) is 101 cm³/mol. The molecule has 2 N–H and O–H groups in total. The smallest absolute Gasteiger partial charge is 0.226 e. The van der Waals surface area contributed by atoms with Crippen LogP contribution < -0.4 is 0 Å². The highest BCUT2D eigenvalue weighted by Crippen LogP contribution is 2.66. The van der Waals surface area contributed by atoms with E-state index < -0.39 is 0 Å². The van der Waals surface area contributed by atoms with Crippen molar-refractivity contribution in [2.45, 2.75) is 78.4 Å². The molecule has 5 unspecified atom stereocenters. The number of aliphatic hydroxyl groups is 2. The molecule has 0 aromatic heterocycles. The second-order valence-corrected chi connectivity index (χ2v) is 9.88. The van der Waals surface area contributed by atoms with E-state index in [4.69, 9.17) is 0 Å². The molecule has 1 aliphatic heterocycles. The largest absolute Gasteiger partial charge is 0.393 e. The number of allylic oxidation sites excluding steroid dienone is 2. The molecule has 3 fully saturated rings. The molecule has 146 valence electrons. The summed E-state index contributed by atoms with van der Waals surface area (Å²) < 4.78 is 0. The number of nitrogens with zero attached hydrogens (tertiary/aromatic N) is 1. The molecule has 4 heteroatoms. The first kappa shape index (κ1) is 18.5. The molecule has 26 heavy (non-hydrogen) atoms. The minimum Gasteiger partial charge on any atom is -0.393 e. The van der Waals surface area contributed by atoms with Gasteiger partial charge in [-0.2, -0.15) is 0 Å². The van der Waals surface area contributed by atoms with Crippen LogP contribution in [0.3, 0.4) is 0 Å². The molecule has 1 amide bonds. The second kappa shape index (κ2) is 6.07. The van der Waals surface area contributed by atoms with Gasteiger partial charge in [-0.15, -0.1) is 0 Å². The number of carbonyl (C=O) groups is 1. The number of carbonyl (C=O) groups excluding carboxylic acids is 1. The lowest BCUT2D eigenvalue weighted by Crippen LogP contribution is -2.59. The maximum atomic E-state index is 12.4. The van der Waals surface area contributed by atoms with Crippen molar-refractivity contribution in [1.29, 1.82) is 0 Å². The quantitative estimate of drug-likeness (QED) is 0.793. The summed E-state index contributed by atoms with van der Waals surface area (Å²) in [6.45, 7) is 9.29. The highest BCUT2D eigenvalue weighted by atomic mass is 16.3. The average molecular weight is 362 g/mol. The van der Waals surface area contributed by atoms with E-state index in [1.54, 1.807) is 0 Å². The maximum absolute atomic E-state index is 12.4. The van der Waals surface area contributed by atoms with Crippen molar-refractivity contribution in [3.63, 3.8) is 0 Å². The van der Waals surface area contributed by atoms with E-state index in [0.29, 0.717) is 24.2 Å². The summed E-state index contributed by atoms with van der Waals surface area (Å²) in [6.07, 6.45) is 7.10. The van der Waals surface area contributed by atoms with Gasteiger partial charge in [0.05, 0.1) is 12.2 Å². The Bertz CT molecular complexity index is 629. The van der Waals surface area contributed by atoms with Gasteiger partial charge in [0, 0.05) is 24.1 Å². The summed E-state index contributed by atoms with van der Waals surface area (Å²) in [6, 6.07) is 0. The van der Waals surface area contributed by atoms with Gasteiger partial charge in [0.25, 0.3) is 0 Å². The molecule has 8 atom stereocenters. The zero-order valence-corrected chi connectivity index (χ0v) is 16.7. The van der Waals surface area contributed by atoms with E-state index >= 15 is 0 Å². The van der Waals surface area contributed by atoms with Gasteiger partial charge in [-0.05, 0) is 75.0 Å². The highest BCUT2D eigenvalue weighted by Gasteiger charge is 2.62. The molecule has 0 aromatic rings. The standard InChI is InChI=1S/C22H35NO3/c1-5-23-18-9-6-14-16-8-7-15(13(2)24)22(16,4)12-17(25)20(14)21(18,3)11-10-19(23)26/h9,13-17,20,24-25H,5-8,10-12H2,1-4H3/t13?,14?,15?,16?,17-,20?,21-,22+/m0/s1. The lowest BCUT2D eigenvalue weighted by molar-refractivity contribution is -0.151. The van der Waals surface area contributed by atoms with E-state index in [1.807, 2.05) is 11.8 Å². The van der Waals surface area contributed by atoms with Crippen LogP contribution in [0.25, 0.3) is 0 Å². The Balaban J connectivity index is 1.73. The Kier molecular flexibility index (Phi) is 4.31. The van der Waals surface area contributed by atoms with Crippen molar-refractivity contribution in [3.8, 4) is 0 Å². The Morgan fingerprint density at radius 3 is 2.73 bits per heavy atom. The third-order valence-corrected chi connectivity index (χ3v) is 8.78. The average Bonchev–Trinajstić information content (AvgIpc) is 2.91. The summed E-state index contributed by atoms with van der Waals surface area (Å²) in [5, 5.41) is 21.7. The number of rotatable bonds is 2. The lowest BCUT2D eigenvalue weighted by Gasteiger charge is -2.60. The van der Waals surface area contributed by atoms with Crippen LogP contribution in [0.5, 0.6) is 0 Å². The van der Waals surface area contributed by atoms with E-state index in [0.717, 1.165) is 38.6 Å². The van der Waals surface area contributed by atoms with E-state index in [1.165, 1.54) is 5.70 Å². The van der Waals surface area contributed by atoms with Crippen molar-refractivity contribution in [2.24, 2.45) is 34.5 Å². The fourth-order valence-corrected chi connectivity index (χ4v) is 7.76. The first-order valence-electron chi connectivity index (χ1n) is 10.6. The topological polar surface area (TPSA) is 60.8 Å². The number of likely N-dealkylation sites (tertiary alicyclic amines) is 1. The van der Waals surface area contributed by atoms with E-state index in [-0.39, 0.29) is 34.9 Å². The van der Waals surface area contributed by atoms with Crippen LogP contribution in [0.2, 0.25) is 0 Å². The van der Waals surface area contributed by atoms with Gasteiger partial charge in [0.2, 0.25) is 5.91 Å². The molecule has 4 aliphatic rings. The summed E-state index contributed by atoms with van der Waals surface area (Å²) >= 11 is 0. The van der Waals surface area contributed by atoms with Gasteiger partial charge in [-0.3, -0.25) is 4.79 Å². The molecule has 1 heterocycles. The third kappa shape index (κ3) is 2.30. The zero-order valence-electron chi connectivity index (χ0n) is 16.7. The number of aliphatic hydroxyl groups excluding tert-OH is 2. The first-order valence-corrected chi connectivity index (χ1v) is 10.6. The third-order valence-electron chi connectivity index (χ3n) is 8.78. The Morgan fingerprint density at radius 1 is 1.35 bits per heavy atom. The van der Waals surface area contributed by atoms with Gasteiger partial charge >= 0.3 is 0 Å². The molecular weight excluding hydrogens is 326 g/mol. The minimum atomic E-state index is -0.346. The minimum absolute atomic E-state index is 0.0331. The van der Waals surface area contributed by atoms with Crippen molar-refractivity contribution in [3.05, 3.63) is 11.8 Å². The number of hydrogen-bond donors (Lipinski definition) is 2. The predicted octanol–water partition coefficient (Wildman–Crippen LogP) is 3.33. The van der Waals surface area contributed by atoms with Crippen molar-refractivity contribution in [1.82, 2.24) is 4.90 Å². The summed E-state index contributed by atoms with van der Waals surface area (Å²) in [5.74, 6) is 1.79. The number of fused-ring (bicyclic) bond motifs is 5. The Morgan fingerprint density at radius 2 is 2.08 bits per heavy atom. The van der Waals surface area contributed by atoms with Crippen LogP contribution in [0.4, 0.5) is 0 Å². The molecule has 0 spiro atoms. The molecular formula is C22H35NO3. The molecule has 0 aromatic carbocycles. The number of amides is 1. The van der Waals surface area contributed by atoms with Crippen molar-refractivity contribution in [2.75, 3.05) is 6.54 Å². The summed E-state index contributed by atoms with van der Waals surface area (Å²) in [7, 11) is 0. The lowest BCUT2D eigenvalue weighted by atomic mass is 9.47. The Hall–Kier alpha value is -0.870. The Labute approximate surface area is 157 Å². The van der Waals surface area contributed by atoms with Crippen molar-refractivity contribution < 1.29 is 15.0 Å². The van der Waals surface area contributed by atoms with Crippen molar-refractivity contribution >= 4 is 5.91 Å². The maximum Gasteiger partial charge on any atom is 0.226 e. The fraction of sp³-hybridized carbons (Fsp3) is 0.864. The normalized spacial score (nSPS) is 49.2. The van der Waals surface area contributed by atoms with Crippen LogP contribution >= 0.6 is 0 Å². The molecule has 4 rings (SSSR count). The number of hydrogen-bond acceptors (Lipinski definition) is 3. The SMILES string of the molecule is CCN1C(=O)CC[C@@]2(C)C1=CCC1C3CCC(C(C)O)[C@@]3(C)C[C@H](O)C12. The van der Waals surface area contributed by atoms with Gasteiger partial charge in [0.15, 0.2) is 0 Å². The molecule has 4 nitrogen and oxygen atoms in total. The van der Waals surface area contributed by atoms with Crippen LogP contribution in [0.1, 0.15) is 66.2 Å². The van der Waals surface area contributed by atoms with Gasteiger partial charge < -0.3 is 15.1 Å². The first-order chi connectivity index (χ1) is 12.2. The van der Waals surface area contributed by atoms with E-state index in [2.05, 4.69) is 26.8 Å². The summed E-state index contributed by atoms with van der Waals surface area (Å²) in [4.78, 5) is 14.4. The molecule has 0 radical (unpaired) electrons. The molecule has 2 saturated carbocycles. The monoisotopic (exact) mass is 361 g/mol. The zero-order chi connectivity index (χ0) is 18.9. The van der Waals surface area contributed by atoms with Crippen LogP contribution in [-0.4, -0.2) is 39.8 Å². The molecule has 3 aliphatic carbocycles. The van der Waals surface area contributed by atoms with Crippen LogP contribution in [-0.2, 0) is 4.79 Å². The van der Waals surface area contributed by atoms with Gasteiger partial charge in [-0.1, -0.05) is 19.9 Å². The number of piperidine rings is 1. The molecule has 0 bridgehead atoms. The molecule has 1 saturated heterocycles. The second-order valence-electron chi connectivity index (χ2n) is 9.88. The van der Waals surface area contributed by atoms with E-state index in [9.17, 15) is 15.0 Å². The van der Waals surface area contributed by atoms with Crippen LogP contribution in [0.15, 0.2) is 11.8 Å². The highest BCUT2D eigenvalue weighted by molar-refractivity contribution is 5.80. The summed E-state index contributed by atoms with van der Waals surface area (Å²) in [5.41, 5.74) is 1.10. The van der Waals surface area contributed by atoms with Crippen LogP contribution in [0, 0.1) is 34.5 Å². The van der Waals surface area contributed by atoms with Gasteiger partial charge in [-0.25, -0.2) is 0 Å². The van der Waals surface area contributed by atoms with Gasteiger partial charge in [0.1, 0.15) is 0 Å².